The summed E-state index contributed by atoms with van der Waals surface area (Å²) >= 11 is 0. The molecule has 1 fully saturated rings. The lowest BCUT2D eigenvalue weighted by Crippen LogP contribution is -2.55. The summed E-state index contributed by atoms with van der Waals surface area (Å²) in [6.45, 7) is 3.66. The van der Waals surface area contributed by atoms with E-state index in [-0.39, 0.29) is 12.1 Å². The molecule has 1 aliphatic carbocycles. The Morgan fingerprint density at radius 1 is 1.25 bits per heavy atom. The topological polar surface area (TPSA) is 50.7 Å². The number of rotatable bonds is 9. The molecule has 0 aromatic heterocycles. The van der Waals surface area contributed by atoms with Gasteiger partial charge in [0.25, 0.3) is 0 Å². The summed E-state index contributed by atoms with van der Waals surface area (Å²) < 4.78 is 11.0. The molecule has 1 unspecified atom stereocenters. The van der Waals surface area contributed by atoms with Crippen molar-refractivity contribution in [2.24, 2.45) is 5.92 Å². The van der Waals surface area contributed by atoms with E-state index < -0.39 is 0 Å². The lowest BCUT2D eigenvalue weighted by atomic mass is 9.95. The zero-order chi connectivity index (χ0) is 14.4. The molecule has 0 bridgehead atoms. The van der Waals surface area contributed by atoms with Crippen LogP contribution < -0.4 is 14.8 Å². The molecule has 0 amide bonds. The van der Waals surface area contributed by atoms with Crippen LogP contribution in [0.2, 0.25) is 0 Å². The summed E-state index contributed by atoms with van der Waals surface area (Å²) in [4.78, 5) is 0. The van der Waals surface area contributed by atoms with E-state index in [2.05, 4.69) is 12.2 Å². The molecule has 2 rings (SSSR count). The van der Waals surface area contributed by atoms with Crippen molar-refractivity contribution in [1.82, 2.24) is 5.32 Å². The fraction of sp³-hybridized carbons (Fsp3) is 0.625. The molecule has 1 aromatic rings. The molecule has 1 aromatic carbocycles. The van der Waals surface area contributed by atoms with E-state index in [1.54, 1.807) is 7.11 Å². The molecule has 1 aliphatic rings. The Bertz CT molecular complexity index is 403. The van der Waals surface area contributed by atoms with Gasteiger partial charge in [0.1, 0.15) is 18.1 Å². The molecule has 112 valence electrons. The molecule has 20 heavy (non-hydrogen) atoms. The average Bonchev–Trinajstić information content (AvgIpc) is 3.34. The summed E-state index contributed by atoms with van der Waals surface area (Å²) in [6, 6.07) is 7.56. The number of hydrogen-bond acceptors (Lipinski definition) is 4. The third kappa shape index (κ3) is 3.64. The van der Waals surface area contributed by atoms with Gasteiger partial charge in [-0.3, -0.25) is 0 Å². The molecular weight excluding hydrogens is 254 g/mol. The lowest BCUT2D eigenvalue weighted by Gasteiger charge is -2.33. The summed E-state index contributed by atoms with van der Waals surface area (Å²) in [7, 11) is 1.65. The normalized spacial score (nSPS) is 17.6. The highest BCUT2D eigenvalue weighted by Gasteiger charge is 2.45. The summed E-state index contributed by atoms with van der Waals surface area (Å²) in [5, 5.41) is 13.3. The van der Waals surface area contributed by atoms with E-state index in [0.29, 0.717) is 12.5 Å². The maximum atomic E-state index is 9.81. The number of hydrogen-bond donors (Lipinski definition) is 2. The molecule has 1 saturated carbocycles. The number of aliphatic hydroxyl groups excluding tert-OH is 1. The Morgan fingerprint density at radius 2 is 1.90 bits per heavy atom. The minimum absolute atomic E-state index is 0.119. The van der Waals surface area contributed by atoms with E-state index in [0.717, 1.165) is 24.5 Å². The molecule has 0 heterocycles. The summed E-state index contributed by atoms with van der Waals surface area (Å²) in [5.74, 6) is 2.15. The second-order valence-corrected chi connectivity index (χ2v) is 5.48. The molecule has 4 nitrogen and oxygen atoms in total. The zero-order valence-electron chi connectivity index (χ0n) is 12.4. The quantitative estimate of drug-likeness (QED) is 0.728. The van der Waals surface area contributed by atoms with Crippen LogP contribution in [0.1, 0.15) is 26.2 Å². The van der Waals surface area contributed by atoms with Crippen molar-refractivity contribution in [2.75, 3.05) is 26.9 Å². The van der Waals surface area contributed by atoms with Crippen molar-refractivity contribution < 1.29 is 14.6 Å². The maximum absolute atomic E-state index is 9.81. The third-order valence-corrected chi connectivity index (χ3v) is 3.92. The number of benzene rings is 1. The van der Waals surface area contributed by atoms with E-state index in [1.807, 2.05) is 24.3 Å². The molecule has 1 atom stereocenters. The zero-order valence-corrected chi connectivity index (χ0v) is 12.4. The minimum Gasteiger partial charge on any atom is -0.497 e. The van der Waals surface area contributed by atoms with Crippen LogP contribution in [0.15, 0.2) is 24.3 Å². The second kappa shape index (κ2) is 6.95. The smallest absolute Gasteiger partial charge is 0.119 e. The molecule has 0 saturated heterocycles. The van der Waals surface area contributed by atoms with Crippen molar-refractivity contribution in [3.63, 3.8) is 0 Å². The summed E-state index contributed by atoms with van der Waals surface area (Å²) in [5.41, 5.74) is -0.296. The lowest BCUT2D eigenvalue weighted by molar-refractivity contribution is 0.0851. The first-order valence-corrected chi connectivity index (χ1v) is 7.37. The number of nitrogens with one attached hydrogen (secondary N) is 1. The molecule has 0 spiro atoms. The van der Waals surface area contributed by atoms with Gasteiger partial charge in [-0.05, 0) is 56.0 Å². The largest absolute Gasteiger partial charge is 0.497 e. The number of methoxy groups -OCH3 is 1. The first kappa shape index (κ1) is 15.1. The van der Waals surface area contributed by atoms with E-state index >= 15 is 0 Å². The standard InChI is InChI=1S/C16H25NO3/c1-3-10-17-16(11-18,13-4-5-13)12-20-15-8-6-14(19-2)7-9-15/h6-9,13,17-18H,3-5,10-12H2,1-2H3. The molecule has 0 aliphatic heterocycles. The Labute approximate surface area is 121 Å². The summed E-state index contributed by atoms with van der Waals surface area (Å²) in [6.07, 6.45) is 3.39. The van der Waals surface area contributed by atoms with Crippen molar-refractivity contribution in [3.05, 3.63) is 24.3 Å². The fourth-order valence-corrected chi connectivity index (χ4v) is 2.44. The minimum atomic E-state index is -0.296. The van der Waals surface area contributed by atoms with Gasteiger partial charge in [0.2, 0.25) is 0 Å². The van der Waals surface area contributed by atoms with Gasteiger partial charge < -0.3 is 19.9 Å². The van der Waals surface area contributed by atoms with E-state index in [9.17, 15) is 5.11 Å². The maximum Gasteiger partial charge on any atom is 0.119 e. The SMILES string of the molecule is CCCNC(CO)(COc1ccc(OC)cc1)C1CC1. The first-order valence-electron chi connectivity index (χ1n) is 7.37. The van der Waals surface area contributed by atoms with Gasteiger partial charge in [-0.25, -0.2) is 0 Å². The predicted molar refractivity (Wildman–Crippen MR) is 79.3 cm³/mol. The average molecular weight is 279 g/mol. The van der Waals surface area contributed by atoms with Crippen LogP contribution in [0.4, 0.5) is 0 Å². The van der Waals surface area contributed by atoms with Crippen molar-refractivity contribution >= 4 is 0 Å². The Kier molecular flexibility index (Phi) is 5.26. The van der Waals surface area contributed by atoms with E-state index in [1.165, 1.54) is 12.8 Å². The van der Waals surface area contributed by atoms with Crippen LogP contribution in [-0.2, 0) is 0 Å². The monoisotopic (exact) mass is 279 g/mol. The van der Waals surface area contributed by atoms with Crippen LogP contribution in [0.3, 0.4) is 0 Å². The van der Waals surface area contributed by atoms with Gasteiger partial charge in [0.15, 0.2) is 0 Å². The van der Waals surface area contributed by atoms with Gasteiger partial charge in [-0.15, -0.1) is 0 Å². The van der Waals surface area contributed by atoms with Crippen molar-refractivity contribution in [1.29, 1.82) is 0 Å². The van der Waals surface area contributed by atoms with Crippen LogP contribution >= 0.6 is 0 Å². The molecule has 2 N–H and O–H groups in total. The molecule has 4 heteroatoms. The number of aliphatic hydroxyl groups is 1. The van der Waals surface area contributed by atoms with E-state index in [4.69, 9.17) is 9.47 Å². The van der Waals surface area contributed by atoms with Crippen LogP contribution in [0.25, 0.3) is 0 Å². The fourth-order valence-electron chi connectivity index (χ4n) is 2.44. The van der Waals surface area contributed by atoms with Crippen molar-refractivity contribution in [2.45, 2.75) is 31.7 Å². The Morgan fingerprint density at radius 3 is 2.40 bits per heavy atom. The highest BCUT2D eigenvalue weighted by Crippen LogP contribution is 2.40. The Balaban J connectivity index is 1.96. The molecule has 0 radical (unpaired) electrons. The van der Waals surface area contributed by atoms with Gasteiger partial charge in [-0.2, -0.15) is 0 Å². The van der Waals surface area contributed by atoms with Gasteiger partial charge in [0, 0.05) is 0 Å². The second-order valence-electron chi connectivity index (χ2n) is 5.48. The highest BCUT2D eigenvalue weighted by molar-refractivity contribution is 5.31. The van der Waals surface area contributed by atoms with Crippen LogP contribution in [0, 0.1) is 5.92 Å². The third-order valence-electron chi connectivity index (χ3n) is 3.92. The molecular formula is C16H25NO3. The van der Waals surface area contributed by atoms with Crippen LogP contribution in [-0.4, -0.2) is 37.5 Å². The van der Waals surface area contributed by atoms with Gasteiger partial charge in [0.05, 0.1) is 19.3 Å². The van der Waals surface area contributed by atoms with Gasteiger partial charge >= 0.3 is 0 Å². The first-order chi connectivity index (χ1) is 9.74. The number of ether oxygens (including phenoxy) is 2. The highest BCUT2D eigenvalue weighted by atomic mass is 16.5. The Hall–Kier alpha value is -1.26. The van der Waals surface area contributed by atoms with Crippen LogP contribution in [0.5, 0.6) is 11.5 Å². The van der Waals surface area contributed by atoms with Crippen molar-refractivity contribution in [3.8, 4) is 11.5 Å². The predicted octanol–water partition coefficient (Wildman–Crippen LogP) is 2.21. The van der Waals surface area contributed by atoms with Gasteiger partial charge in [-0.1, -0.05) is 6.92 Å².